The molecule has 0 N–H and O–H groups in total. The molecule has 2 aliphatic rings. The quantitative estimate of drug-likeness (QED) is 0.685. The average molecular weight is 437 g/mol. The molecule has 32 heavy (non-hydrogen) atoms. The van der Waals surface area contributed by atoms with Crippen LogP contribution in [0.25, 0.3) is 0 Å². The summed E-state index contributed by atoms with van der Waals surface area (Å²) in [5.74, 6) is 2.59. The molecule has 2 amide bonds. The number of aromatic nitrogens is 2. The Hall–Kier alpha value is -2.96. The van der Waals surface area contributed by atoms with Gasteiger partial charge in [-0.2, -0.15) is 0 Å². The Morgan fingerprint density at radius 3 is 2.75 bits per heavy atom. The third-order valence-electron chi connectivity index (χ3n) is 6.33. The minimum absolute atomic E-state index is 0.0478. The van der Waals surface area contributed by atoms with Crippen molar-refractivity contribution in [1.82, 2.24) is 14.9 Å². The van der Waals surface area contributed by atoms with Crippen molar-refractivity contribution in [2.45, 2.75) is 65.5 Å². The van der Waals surface area contributed by atoms with Crippen LogP contribution in [0.4, 0.5) is 5.82 Å². The van der Waals surface area contributed by atoms with Crippen LogP contribution in [0.5, 0.6) is 5.75 Å². The lowest BCUT2D eigenvalue weighted by Gasteiger charge is -2.31. The Morgan fingerprint density at radius 1 is 1.22 bits per heavy atom. The van der Waals surface area contributed by atoms with E-state index < -0.39 is 0 Å². The molecule has 4 rings (SSSR count). The van der Waals surface area contributed by atoms with Crippen molar-refractivity contribution in [1.29, 1.82) is 0 Å². The van der Waals surface area contributed by atoms with Crippen LogP contribution in [-0.2, 0) is 22.6 Å². The molecule has 1 aromatic carbocycles. The average Bonchev–Trinajstić information content (AvgIpc) is 3.25. The number of rotatable bonds is 6. The first-order valence-electron chi connectivity index (χ1n) is 11.5. The van der Waals surface area contributed by atoms with Crippen LogP contribution < -0.4 is 9.64 Å². The molecule has 7 heteroatoms. The molecule has 1 saturated heterocycles. The molecule has 1 unspecified atom stereocenters. The number of benzene rings is 1. The van der Waals surface area contributed by atoms with Gasteiger partial charge < -0.3 is 9.64 Å². The van der Waals surface area contributed by atoms with Crippen molar-refractivity contribution in [2.24, 2.45) is 5.92 Å². The fourth-order valence-electron chi connectivity index (χ4n) is 4.72. The van der Waals surface area contributed by atoms with Crippen molar-refractivity contribution in [3.63, 3.8) is 0 Å². The Bertz CT molecular complexity index is 1020. The molecular weight excluding hydrogens is 404 g/mol. The number of para-hydroxylation sites is 1. The highest BCUT2D eigenvalue weighted by Crippen LogP contribution is 2.36. The molecule has 2 aromatic rings. The number of methoxy groups -OCH3 is 1. The maximum Gasteiger partial charge on any atom is 0.228 e. The maximum absolute atomic E-state index is 13.0. The van der Waals surface area contributed by atoms with Crippen molar-refractivity contribution >= 4 is 17.6 Å². The van der Waals surface area contributed by atoms with E-state index in [0.29, 0.717) is 43.4 Å². The first-order chi connectivity index (χ1) is 15.4. The number of hydrogen-bond acceptors (Lipinski definition) is 5. The number of hydrogen-bond donors (Lipinski definition) is 0. The molecule has 7 nitrogen and oxygen atoms in total. The van der Waals surface area contributed by atoms with Gasteiger partial charge in [-0.05, 0) is 38.2 Å². The van der Waals surface area contributed by atoms with Crippen LogP contribution in [0, 0.1) is 12.8 Å². The summed E-state index contributed by atoms with van der Waals surface area (Å²) in [4.78, 5) is 39.2. The van der Waals surface area contributed by atoms with Crippen LogP contribution in [0.1, 0.15) is 68.2 Å². The van der Waals surface area contributed by atoms with E-state index in [4.69, 9.17) is 14.7 Å². The predicted molar refractivity (Wildman–Crippen MR) is 122 cm³/mol. The summed E-state index contributed by atoms with van der Waals surface area (Å²) in [5.41, 5.74) is 2.84. The molecule has 0 aliphatic carbocycles. The Balaban J connectivity index is 1.69. The highest BCUT2D eigenvalue weighted by atomic mass is 16.5. The number of carbonyl (C=O) groups is 2. The summed E-state index contributed by atoms with van der Waals surface area (Å²) < 4.78 is 5.50. The van der Waals surface area contributed by atoms with E-state index in [9.17, 15) is 9.59 Å². The van der Waals surface area contributed by atoms with Gasteiger partial charge in [0.05, 0.1) is 19.7 Å². The Morgan fingerprint density at radius 2 is 2.00 bits per heavy atom. The van der Waals surface area contributed by atoms with E-state index in [0.717, 1.165) is 42.0 Å². The summed E-state index contributed by atoms with van der Waals surface area (Å²) in [6.07, 6.45) is 3.40. The third-order valence-corrected chi connectivity index (χ3v) is 6.33. The molecule has 1 atom stereocenters. The molecule has 1 aromatic heterocycles. The molecule has 0 radical (unpaired) electrons. The van der Waals surface area contributed by atoms with Crippen LogP contribution in [0.15, 0.2) is 24.3 Å². The third kappa shape index (κ3) is 4.33. The Kier molecular flexibility index (Phi) is 6.44. The second-order valence-corrected chi connectivity index (χ2v) is 9.10. The summed E-state index contributed by atoms with van der Waals surface area (Å²) in [5, 5.41) is 0. The molecule has 1 fully saturated rings. The SMILES string of the molecule is COc1ccccc1CN1C(=O)CCc2c(C)nc(C3CCCN3C(=O)CC(C)C)nc21. The van der Waals surface area contributed by atoms with Crippen molar-refractivity contribution in [2.75, 3.05) is 18.6 Å². The van der Waals surface area contributed by atoms with Crippen LogP contribution in [0.2, 0.25) is 0 Å². The zero-order chi connectivity index (χ0) is 22.8. The van der Waals surface area contributed by atoms with Crippen LogP contribution >= 0.6 is 0 Å². The molecule has 0 spiro atoms. The van der Waals surface area contributed by atoms with E-state index in [2.05, 4.69) is 13.8 Å². The number of likely N-dealkylation sites (tertiary alicyclic amines) is 1. The number of amides is 2. The smallest absolute Gasteiger partial charge is 0.228 e. The minimum Gasteiger partial charge on any atom is -0.496 e. The maximum atomic E-state index is 13.0. The highest BCUT2D eigenvalue weighted by Gasteiger charge is 2.35. The molecule has 2 aliphatic heterocycles. The molecule has 0 bridgehead atoms. The lowest BCUT2D eigenvalue weighted by Crippen LogP contribution is -2.37. The van der Waals surface area contributed by atoms with Gasteiger partial charge in [0.2, 0.25) is 11.8 Å². The van der Waals surface area contributed by atoms with E-state index in [1.165, 1.54) is 0 Å². The van der Waals surface area contributed by atoms with Gasteiger partial charge in [-0.1, -0.05) is 32.0 Å². The second-order valence-electron chi connectivity index (χ2n) is 9.10. The van der Waals surface area contributed by atoms with E-state index in [1.54, 1.807) is 12.0 Å². The molecule has 3 heterocycles. The minimum atomic E-state index is -0.129. The van der Waals surface area contributed by atoms with E-state index in [1.807, 2.05) is 36.1 Å². The van der Waals surface area contributed by atoms with E-state index in [-0.39, 0.29) is 17.9 Å². The van der Waals surface area contributed by atoms with Crippen LogP contribution in [0.3, 0.4) is 0 Å². The lowest BCUT2D eigenvalue weighted by atomic mass is 10.0. The van der Waals surface area contributed by atoms with Crippen molar-refractivity contribution in [3.05, 3.63) is 46.9 Å². The summed E-state index contributed by atoms with van der Waals surface area (Å²) in [6, 6.07) is 7.61. The molecular formula is C25H32N4O3. The second kappa shape index (κ2) is 9.27. The van der Waals surface area contributed by atoms with E-state index >= 15 is 0 Å². The summed E-state index contributed by atoms with van der Waals surface area (Å²) in [6.45, 7) is 7.23. The van der Waals surface area contributed by atoms with Gasteiger partial charge in [-0.25, -0.2) is 9.97 Å². The van der Waals surface area contributed by atoms with Crippen molar-refractivity contribution < 1.29 is 14.3 Å². The normalized spacial score (nSPS) is 18.3. The van der Waals surface area contributed by atoms with Gasteiger partial charge in [0, 0.05) is 36.2 Å². The lowest BCUT2D eigenvalue weighted by molar-refractivity contribution is -0.133. The molecule has 170 valence electrons. The first kappa shape index (κ1) is 22.2. The van der Waals surface area contributed by atoms with Gasteiger partial charge >= 0.3 is 0 Å². The largest absolute Gasteiger partial charge is 0.496 e. The van der Waals surface area contributed by atoms with Crippen LogP contribution in [-0.4, -0.2) is 40.3 Å². The monoisotopic (exact) mass is 436 g/mol. The standard InChI is InChI=1S/C25H32N4O3/c1-16(2)14-23(31)28-13-7-9-20(28)24-26-17(3)19-11-12-22(30)29(25(19)27-24)15-18-8-5-6-10-21(18)32-4/h5-6,8,10,16,20H,7,9,11-15H2,1-4H3. The number of fused-ring (bicyclic) bond motifs is 1. The van der Waals surface area contributed by atoms with Gasteiger partial charge in [0.25, 0.3) is 0 Å². The van der Waals surface area contributed by atoms with Gasteiger partial charge in [0.15, 0.2) is 5.82 Å². The number of nitrogens with zero attached hydrogens (tertiary/aromatic N) is 4. The number of aryl methyl sites for hydroxylation is 1. The fourth-order valence-corrected chi connectivity index (χ4v) is 4.72. The Labute approximate surface area is 189 Å². The predicted octanol–water partition coefficient (Wildman–Crippen LogP) is 3.98. The fraction of sp³-hybridized carbons (Fsp3) is 0.520. The molecule has 0 saturated carbocycles. The topological polar surface area (TPSA) is 75.6 Å². The number of ether oxygens (including phenoxy) is 1. The zero-order valence-electron chi connectivity index (χ0n) is 19.4. The first-order valence-corrected chi connectivity index (χ1v) is 11.5. The zero-order valence-corrected chi connectivity index (χ0v) is 19.4. The highest BCUT2D eigenvalue weighted by molar-refractivity contribution is 5.95. The number of anilines is 1. The summed E-state index contributed by atoms with van der Waals surface area (Å²) in [7, 11) is 1.64. The van der Waals surface area contributed by atoms with Gasteiger partial charge in [-0.15, -0.1) is 0 Å². The van der Waals surface area contributed by atoms with Crippen molar-refractivity contribution in [3.8, 4) is 5.75 Å². The number of carbonyl (C=O) groups excluding carboxylic acids is 2. The van der Waals surface area contributed by atoms with Gasteiger partial charge in [-0.3, -0.25) is 14.5 Å². The summed E-state index contributed by atoms with van der Waals surface area (Å²) >= 11 is 0. The van der Waals surface area contributed by atoms with Gasteiger partial charge in [0.1, 0.15) is 11.6 Å².